The number of hydrogen-bond acceptors (Lipinski definition) is 4. The molecule has 1 aromatic rings. The van der Waals surface area contributed by atoms with Crippen LogP contribution < -0.4 is 14.8 Å². The molecule has 0 spiro atoms. The lowest BCUT2D eigenvalue weighted by molar-refractivity contribution is -0.116. The number of fused-ring (bicyclic) bond motifs is 1. The highest BCUT2D eigenvalue weighted by atomic mass is 16.6. The predicted molar refractivity (Wildman–Crippen MR) is 74.2 cm³/mol. The van der Waals surface area contributed by atoms with Crippen molar-refractivity contribution in [3.8, 4) is 11.5 Å². The highest BCUT2D eigenvalue weighted by molar-refractivity contribution is 5.92. The van der Waals surface area contributed by atoms with Crippen LogP contribution >= 0.6 is 0 Å². The van der Waals surface area contributed by atoms with Gasteiger partial charge >= 0.3 is 0 Å². The number of hydrogen-bond donors (Lipinski definition) is 1. The number of carbonyl (C=O) groups is 1. The highest BCUT2D eigenvalue weighted by Gasteiger charge is 2.19. The Kier molecular flexibility index (Phi) is 4.06. The summed E-state index contributed by atoms with van der Waals surface area (Å²) in [5, 5.41) is 2.91. The van der Waals surface area contributed by atoms with Gasteiger partial charge in [0.1, 0.15) is 13.2 Å². The molecule has 5 nitrogen and oxygen atoms in total. The Morgan fingerprint density at radius 3 is 3.00 bits per heavy atom. The monoisotopic (exact) mass is 277 g/mol. The van der Waals surface area contributed by atoms with Crippen LogP contribution in [-0.4, -0.2) is 32.3 Å². The van der Waals surface area contributed by atoms with Crippen molar-refractivity contribution < 1.29 is 19.0 Å². The number of para-hydroxylation sites is 1. The van der Waals surface area contributed by atoms with Crippen LogP contribution in [0, 0.1) is 5.92 Å². The minimum Gasteiger partial charge on any atom is -0.486 e. The topological polar surface area (TPSA) is 56.8 Å². The standard InChI is InChI=1S/C15H19NO4/c17-14(5-4-11-6-7-18-10-11)16-12-2-1-3-13-15(12)20-9-8-19-13/h1-3,11H,4-10H2,(H,16,17). The van der Waals surface area contributed by atoms with Crippen molar-refractivity contribution >= 4 is 11.6 Å². The fraction of sp³-hybridized carbons (Fsp3) is 0.533. The lowest BCUT2D eigenvalue weighted by Crippen LogP contribution is -2.19. The second-order valence-electron chi connectivity index (χ2n) is 5.15. The smallest absolute Gasteiger partial charge is 0.224 e. The Hall–Kier alpha value is -1.75. The zero-order chi connectivity index (χ0) is 13.8. The van der Waals surface area contributed by atoms with E-state index in [1.165, 1.54) is 0 Å². The highest BCUT2D eigenvalue weighted by Crippen LogP contribution is 2.37. The summed E-state index contributed by atoms with van der Waals surface area (Å²) in [4.78, 5) is 12.0. The quantitative estimate of drug-likeness (QED) is 0.916. The van der Waals surface area contributed by atoms with Gasteiger partial charge < -0.3 is 19.5 Å². The fourth-order valence-corrected chi connectivity index (χ4v) is 2.53. The van der Waals surface area contributed by atoms with Crippen molar-refractivity contribution in [3.05, 3.63) is 18.2 Å². The molecule has 1 saturated heterocycles. The Morgan fingerprint density at radius 1 is 1.25 bits per heavy atom. The number of ether oxygens (including phenoxy) is 3. The van der Waals surface area contributed by atoms with Crippen molar-refractivity contribution in [1.29, 1.82) is 0 Å². The van der Waals surface area contributed by atoms with Crippen LogP contribution in [0.5, 0.6) is 11.5 Å². The summed E-state index contributed by atoms with van der Waals surface area (Å²) >= 11 is 0. The molecule has 1 atom stereocenters. The molecule has 5 heteroatoms. The number of amides is 1. The van der Waals surface area contributed by atoms with Crippen molar-refractivity contribution in [2.24, 2.45) is 5.92 Å². The number of nitrogens with one attached hydrogen (secondary N) is 1. The minimum atomic E-state index is 0.0134. The lowest BCUT2D eigenvalue weighted by Gasteiger charge is -2.21. The summed E-state index contributed by atoms with van der Waals surface area (Å²) in [6, 6.07) is 5.54. The van der Waals surface area contributed by atoms with Crippen molar-refractivity contribution in [2.45, 2.75) is 19.3 Å². The van der Waals surface area contributed by atoms with Crippen LogP contribution in [0.3, 0.4) is 0 Å². The van der Waals surface area contributed by atoms with Gasteiger partial charge in [0, 0.05) is 19.6 Å². The summed E-state index contributed by atoms with van der Waals surface area (Å²) in [6.45, 7) is 2.67. The molecule has 2 heterocycles. The van der Waals surface area contributed by atoms with Gasteiger partial charge in [0.2, 0.25) is 5.91 Å². The number of benzene rings is 1. The normalized spacial score (nSPS) is 20.7. The predicted octanol–water partition coefficient (Wildman–Crippen LogP) is 2.21. The number of carbonyl (C=O) groups excluding carboxylic acids is 1. The summed E-state index contributed by atoms with van der Waals surface area (Å²) in [6.07, 6.45) is 2.45. The largest absolute Gasteiger partial charge is 0.486 e. The van der Waals surface area contributed by atoms with Gasteiger partial charge in [-0.2, -0.15) is 0 Å². The van der Waals surface area contributed by atoms with E-state index >= 15 is 0 Å². The third-order valence-corrected chi connectivity index (χ3v) is 3.64. The van der Waals surface area contributed by atoms with Gasteiger partial charge in [0.05, 0.1) is 5.69 Å². The first-order valence-electron chi connectivity index (χ1n) is 7.09. The SMILES string of the molecule is O=C(CCC1CCOC1)Nc1cccc2c1OCCO2. The zero-order valence-corrected chi connectivity index (χ0v) is 11.4. The minimum absolute atomic E-state index is 0.0134. The first-order valence-corrected chi connectivity index (χ1v) is 7.09. The van der Waals surface area contributed by atoms with Crippen molar-refractivity contribution in [2.75, 3.05) is 31.7 Å². The second-order valence-corrected chi connectivity index (χ2v) is 5.15. The van der Waals surface area contributed by atoms with E-state index in [1.807, 2.05) is 18.2 Å². The third kappa shape index (κ3) is 3.04. The lowest BCUT2D eigenvalue weighted by atomic mass is 10.0. The Labute approximate surface area is 118 Å². The Bertz CT molecular complexity index is 483. The van der Waals surface area contributed by atoms with Crippen LogP contribution in [0.25, 0.3) is 0 Å². The van der Waals surface area contributed by atoms with E-state index in [1.54, 1.807) is 0 Å². The van der Waals surface area contributed by atoms with E-state index < -0.39 is 0 Å². The fourth-order valence-electron chi connectivity index (χ4n) is 2.53. The molecule has 0 saturated carbocycles. The van der Waals surface area contributed by atoms with Gasteiger partial charge in [0.15, 0.2) is 11.5 Å². The number of anilines is 1. The van der Waals surface area contributed by atoms with Gasteiger partial charge in [-0.15, -0.1) is 0 Å². The molecule has 0 aromatic heterocycles. The molecule has 1 aromatic carbocycles. The van der Waals surface area contributed by atoms with Crippen LogP contribution in [0.1, 0.15) is 19.3 Å². The van der Waals surface area contributed by atoms with E-state index in [0.717, 1.165) is 26.1 Å². The summed E-state index contributed by atoms with van der Waals surface area (Å²) < 4.78 is 16.4. The molecule has 1 unspecified atom stereocenters. The Morgan fingerprint density at radius 2 is 2.15 bits per heavy atom. The van der Waals surface area contributed by atoms with Gasteiger partial charge in [-0.25, -0.2) is 0 Å². The Balaban J connectivity index is 1.58. The molecule has 2 aliphatic heterocycles. The summed E-state index contributed by atoms with van der Waals surface area (Å²) in [7, 11) is 0. The molecule has 3 rings (SSSR count). The van der Waals surface area contributed by atoms with E-state index in [9.17, 15) is 4.79 Å². The molecule has 1 fully saturated rings. The molecule has 1 N–H and O–H groups in total. The van der Waals surface area contributed by atoms with Gasteiger partial charge in [0.25, 0.3) is 0 Å². The molecule has 108 valence electrons. The molecule has 0 bridgehead atoms. The second kappa shape index (κ2) is 6.13. The van der Waals surface area contributed by atoms with Gasteiger partial charge in [-0.1, -0.05) is 6.07 Å². The molecular formula is C15H19NO4. The average molecular weight is 277 g/mol. The molecule has 2 aliphatic rings. The maximum atomic E-state index is 12.0. The van der Waals surface area contributed by atoms with Crippen molar-refractivity contribution in [3.63, 3.8) is 0 Å². The molecule has 0 radical (unpaired) electrons. The molecular weight excluding hydrogens is 258 g/mol. The van der Waals surface area contributed by atoms with Crippen molar-refractivity contribution in [1.82, 2.24) is 0 Å². The molecule has 0 aliphatic carbocycles. The number of rotatable bonds is 4. The van der Waals surface area contributed by atoms with E-state index in [2.05, 4.69) is 5.32 Å². The van der Waals surface area contributed by atoms with Crippen LogP contribution in [0.2, 0.25) is 0 Å². The average Bonchev–Trinajstić information content (AvgIpc) is 2.99. The summed E-state index contributed by atoms with van der Waals surface area (Å²) in [5.74, 6) is 1.86. The first kappa shape index (κ1) is 13.2. The van der Waals surface area contributed by atoms with E-state index in [0.29, 0.717) is 42.7 Å². The van der Waals surface area contributed by atoms with Crippen LogP contribution in [0.4, 0.5) is 5.69 Å². The molecule has 20 heavy (non-hydrogen) atoms. The van der Waals surface area contributed by atoms with Gasteiger partial charge in [-0.3, -0.25) is 4.79 Å². The zero-order valence-electron chi connectivity index (χ0n) is 11.4. The maximum Gasteiger partial charge on any atom is 0.224 e. The van der Waals surface area contributed by atoms with Gasteiger partial charge in [-0.05, 0) is 30.9 Å². The maximum absolute atomic E-state index is 12.0. The summed E-state index contributed by atoms with van der Waals surface area (Å²) in [5.41, 5.74) is 0.690. The third-order valence-electron chi connectivity index (χ3n) is 3.64. The van der Waals surface area contributed by atoms with Crippen LogP contribution in [0.15, 0.2) is 18.2 Å². The molecule has 1 amide bonds. The van der Waals surface area contributed by atoms with E-state index in [4.69, 9.17) is 14.2 Å². The van der Waals surface area contributed by atoms with Crippen LogP contribution in [-0.2, 0) is 9.53 Å². The first-order chi connectivity index (χ1) is 9.83. The van der Waals surface area contributed by atoms with E-state index in [-0.39, 0.29) is 5.91 Å².